The molecule has 0 aliphatic heterocycles. The Hall–Kier alpha value is -4.07. The van der Waals surface area contributed by atoms with E-state index in [1.165, 1.54) is 36.4 Å². The van der Waals surface area contributed by atoms with Crippen LogP contribution in [-0.4, -0.2) is 23.8 Å². The molecule has 34 heavy (non-hydrogen) atoms. The van der Waals surface area contributed by atoms with Gasteiger partial charge in [0, 0.05) is 17.8 Å². The third-order valence-corrected chi connectivity index (χ3v) is 5.09. The molecule has 1 unspecified atom stereocenters. The fourth-order valence-corrected chi connectivity index (χ4v) is 3.29. The minimum Gasteiger partial charge on any atom is -0.350 e. The van der Waals surface area contributed by atoms with Gasteiger partial charge in [-0.3, -0.25) is 14.4 Å². The fraction of sp³-hybridized carbons (Fsp3) is 0.192. The van der Waals surface area contributed by atoms with Gasteiger partial charge in [-0.2, -0.15) is 0 Å². The zero-order valence-corrected chi connectivity index (χ0v) is 18.8. The fourth-order valence-electron chi connectivity index (χ4n) is 3.29. The van der Waals surface area contributed by atoms with Crippen LogP contribution in [0.5, 0.6) is 0 Å². The molecular formula is C26H25F2N3O3. The van der Waals surface area contributed by atoms with Crippen molar-refractivity contribution >= 4 is 23.4 Å². The lowest BCUT2D eigenvalue weighted by Gasteiger charge is -2.22. The first-order valence-electron chi connectivity index (χ1n) is 10.7. The van der Waals surface area contributed by atoms with Crippen LogP contribution in [0, 0.1) is 17.6 Å². The van der Waals surface area contributed by atoms with Crippen molar-refractivity contribution in [3.8, 4) is 0 Å². The van der Waals surface area contributed by atoms with E-state index in [0.29, 0.717) is 11.3 Å². The average Bonchev–Trinajstić information content (AvgIpc) is 2.81. The molecule has 3 aromatic rings. The van der Waals surface area contributed by atoms with Gasteiger partial charge in [-0.05, 0) is 53.9 Å². The first kappa shape index (κ1) is 24.6. The molecule has 3 N–H and O–H groups in total. The minimum absolute atomic E-state index is 0.136. The summed E-state index contributed by atoms with van der Waals surface area (Å²) in [6.07, 6.45) is 0. The van der Waals surface area contributed by atoms with E-state index in [2.05, 4.69) is 16.0 Å². The predicted molar refractivity (Wildman–Crippen MR) is 125 cm³/mol. The van der Waals surface area contributed by atoms with Crippen molar-refractivity contribution in [2.75, 3.05) is 5.32 Å². The van der Waals surface area contributed by atoms with Crippen molar-refractivity contribution in [1.82, 2.24) is 10.6 Å². The second-order valence-electron chi connectivity index (χ2n) is 8.06. The van der Waals surface area contributed by atoms with Crippen LogP contribution < -0.4 is 16.0 Å². The molecule has 8 heteroatoms. The summed E-state index contributed by atoms with van der Waals surface area (Å²) in [5.41, 5.74) is 1.23. The first-order valence-corrected chi connectivity index (χ1v) is 10.7. The molecule has 0 aromatic heterocycles. The lowest BCUT2D eigenvalue weighted by molar-refractivity contribution is -0.124. The predicted octanol–water partition coefficient (Wildman–Crippen LogP) is 4.29. The Labute approximate surface area is 196 Å². The summed E-state index contributed by atoms with van der Waals surface area (Å²) in [5.74, 6) is -2.97. The maximum Gasteiger partial charge on any atom is 0.255 e. The van der Waals surface area contributed by atoms with Gasteiger partial charge in [-0.15, -0.1) is 0 Å². The van der Waals surface area contributed by atoms with Crippen molar-refractivity contribution in [1.29, 1.82) is 0 Å². The highest BCUT2D eigenvalue weighted by molar-refractivity contribution is 6.04. The van der Waals surface area contributed by atoms with Gasteiger partial charge < -0.3 is 16.0 Å². The van der Waals surface area contributed by atoms with Crippen molar-refractivity contribution < 1.29 is 23.2 Å². The summed E-state index contributed by atoms with van der Waals surface area (Å²) in [7, 11) is 0. The van der Waals surface area contributed by atoms with Crippen LogP contribution >= 0.6 is 0 Å². The monoisotopic (exact) mass is 465 g/mol. The Bertz CT molecular complexity index is 1200. The molecule has 0 aliphatic rings. The number of carbonyl (C=O) groups excluding carboxylic acids is 3. The highest BCUT2D eigenvalue weighted by Crippen LogP contribution is 2.14. The third kappa shape index (κ3) is 6.48. The number of benzene rings is 3. The Balaban J connectivity index is 1.62. The minimum atomic E-state index is -0.872. The van der Waals surface area contributed by atoms with E-state index in [0.717, 1.165) is 6.07 Å². The van der Waals surface area contributed by atoms with Crippen LogP contribution in [0.4, 0.5) is 14.5 Å². The number of hydrogen-bond donors (Lipinski definition) is 3. The summed E-state index contributed by atoms with van der Waals surface area (Å²) in [5, 5.41) is 8.05. The van der Waals surface area contributed by atoms with Crippen LogP contribution in [0.25, 0.3) is 0 Å². The van der Waals surface area contributed by atoms with Gasteiger partial charge in [0.1, 0.15) is 17.7 Å². The molecule has 0 saturated heterocycles. The van der Waals surface area contributed by atoms with E-state index in [1.807, 2.05) is 0 Å². The number of amides is 3. The number of halogens is 2. The Morgan fingerprint density at radius 2 is 1.59 bits per heavy atom. The van der Waals surface area contributed by atoms with E-state index < -0.39 is 35.4 Å². The van der Waals surface area contributed by atoms with Crippen LogP contribution in [0.1, 0.15) is 40.1 Å². The molecule has 3 amide bonds. The molecule has 0 spiro atoms. The van der Waals surface area contributed by atoms with Crippen molar-refractivity contribution in [2.45, 2.75) is 26.4 Å². The molecule has 1 atom stereocenters. The van der Waals surface area contributed by atoms with Gasteiger partial charge in [0.05, 0.1) is 5.56 Å². The Kier molecular flexibility index (Phi) is 8.08. The maximum atomic E-state index is 13.9. The normalized spacial score (nSPS) is 11.6. The van der Waals surface area contributed by atoms with Gasteiger partial charge in [0.2, 0.25) is 5.91 Å². The van der Waals surface area contributed by atoms with Crippen LogP contribution in [-0.2, 0) is 11.3 Å². The zero-order chi connectivity index (χ0) is 24.7. The van der Waals surface area contributed by atoms with E-state index in [1.54, 1.807) is 44.2 Å². The lowest BCUT2D eigenvalue weighted by atomic mass is 10.0. The molecule has 0 aliphatic carbocycles. The van der Waals surface area contributed by atoms with E-state index in [-0.39, 0.29) is 23.6 Å². The van der Waals surface area contributed by atoms with Crippen molar-refractivity contribution in [3.05, 3.63) is 101 Å². The highest BCUT2D eigenvalue weighted by atomic mass is 19.1. The number of hydrogen-bond acceptors (Lipinski definition) is 3. The van der Waals surface area contributed by atoms with Gasteiger partial charge >= 0.3 is 0 Å². The molecular weight excluding hydrogens is 440 g/mol. The molecule has 0 radical (unpaired) electrons. The van der Waals surface area contributed by atoms with Gasteiger partial charge in [0.15, 0.2) is 0 Å². The molecule has 0 bridgehead atoms. The van der Waals surface area contributed by atoms with Gasteiger partial charge in [-0.25, -0.2) is 8.78 Å². The molecule has 0 saturated carbocycles. The largest absolute Gasteiger partial charge is 0.350 e. The smallest absolute Gasteiger partial charge is 0.255 e. The summed E-state index contributed by atoms with van der Waals surface area (Å²) in [6, 6.07) is 16.9. The molecule has 176 valence electrons. The molecule has 3 aromatic carbocycles. The van der Waals surface area contributed by atoms with Gasteiger partial charge in [0.25, 0.3) is 11.8 Å². The molecule has 3 rings (SSSR count). The van der Waals surface area contributed by atoms with E-state index in [4.69, 9.17) is 0 Å². The maximum absolute atomic E-state index is 13.9. The molecule has 0 heterocycles. The number of carbonyl (C=O) groups is 3. The zero-order valence-electron chi connectivity index (χ0n) is 18.8. The summed E-state index contributed by atoms with van der Waals surface area (Å²) >= 11 is 0. The second kappa shape index (κ2) is 11.2. The Morgan fingerprint density at radius 3 is 2.29 bits per heavy atom. The number of anilines is 1. The SMILES string of the molecule is CC(C)C(NC(=O)c1ccccc1F)C(=O)NCc1cccc(NC(=O)c2cccc(F)c2)c1. The Morgan fingerprint density at radius 1 is 0.853 bits per heavy atom. The van der Waals surface area contributed by atoms with Crippen molar-refractivity contribution in [3.63, 3.8) is 0 Å². The number of rotatable bonds is 8. The van der Waals surface area contributed by atoms with Crippen LogP contribution in [0.15, 0.2) is 72.8 Å². The van der Waals surface area contributed by atoms with Crippen molar-refractivity contribution in [2.24, 2.45) is 5.92 Å². The quantitative estimate of drug-likeness (QED) is 0.464. The topological polar surface area (TPSA) is 87.3 Å². The lowest BCUT2D eigenvalue weighted by Crippen LogP contribution is -2.49. The van der Waals surface area contributed by atoms with Gasteiger partial charge in [-0.1, -0.05) is 44.2 Å². The summed E-state index contributed by atoms with van der Waals surface area (Å²) in [4.78, 5) is 37.6. The van der Waals surface area contributed by atoms with E-state index in [9.17, 15) is 23.2 Å². The second-order valence-corrected chi connectivity index (χ2v) is 8.06. The van der Waals surface area contributed by atoms with Crippen LogP contribution in [0.2, 0.25) is 0 Å². The molecule has 0 fully saturated rings. The summed E-state index contributed by atoms with van der Waals surface area (Å²) in [6.45, 7) is 3.68. The first-order chi connectivity index (χ1) is 16.2. The third-order valence-electron chi connectivity index (χ3n) is 5.09. The average molecular weight is 466 g/mol. The highest BCUT2D eigenvalue weighted by Gasteiger charge is 2.25. The summed E-state index contributed by atoms with van der Waals surface area (Å²) < 4.78 is 27.3. The number of nitrogens with one attached hydrogen (secondary N) is 3. The molecule has 6 nitrogen and oxygen atoms in total. The standard InChI is InChI=1S/C26H25F2N3O3/c1-16(2)23(31-25(33)21-11-3-4-12-22(21)28)26(34)29-15-17-7-5-10-20(13-17)30-24(32)18-8-6-9-19(27)14-18/h3-14,16,23H,15H2,1-2H3,(H,29,34)(H,30,32)(H,31,33). The van der Waals surface area contributed by atoms with Crippen LogP contribution in [0.3, 0.4) is 0 Å². The van der Waals surface area contributed by atoms with E-state index >= 15 is 0 Å².